The summed E-state index contributed by atoms with van der Waals surface area (Å²) in [7, 11) is 0. The molecule has 0 unspecified atom stereocenters. The Kier molecular flexibility index (Phi) is 6.02. The normalized spacial score (nSPS) is 10.8. The smallest absolute Gasteiger partial charge is 0.255 e. The van der Waals surface area contributed by atoms with Crippen molar-refractivity contribution in [1.82, 2.24) is 4.90 Å². The second-order valence-electron chi connectivity index (χ2n) is 3.81. The Morgan fingerprint density at radius 3 is 2.72 bits per heavy atom. The summed E-state index contributed by atoms with van der Waals surface area (Å²) in [5, 5.41) is 0. The molecule has 0 aliphatic heterocycles. The molecule has 0 atom stereocenters. The molecule has 0 aliphatic carbocycles. The molecule has 0 aromatic heterocycles. The van der Waals surface area contributed by atoms with Crippen LogP contribution in [0.2, 0.25) is 0 Å². The van der Waals surface area contributed by atoms with Gasteiger partial charge in [0.15, 0.2) is 0 Å². The van der Waals surface area contributed by atoms with E-state index in [0.29, 0.717) is 10.0 Å². The van der Waals surface area contributed by atoms with Gasteiger partial charge in [-0.1, -0.05) is 11.6 Å². The monoisotopic (exact) mass is 339 g/mol. The van der Waals surface area contributed by atoms with Crippen molar-refractivity contribution in [2.24, 2.45) is 0 Å². The first-order valence-corrected chi connectivity index (χ1v) is 6.68. The van der Waals surface area contributed by atoms with Crippen LogP contribution >= 0.6 is 27.5 Å². The molecule has 0 saturated heterocycles. The summed E-state index contributed by atoms with van der Waals surface area (Å²) in [5.74, 6) is -0.312. The quantitative estimate of drug-likeness (QED) is 0.748. The minimum absolute atomic E-state index is 0.102. The Bertz CT molecular complexity index is 429. The molecule has 0 spiro atoms. The van der Waals surface area contributed by atoms with E-state index < -0.39 is 18.9 Å². The molecular formula is C12H13BrClF2NO. The molecule has 18 heavy (non-hydrogen) atoms. The molecule has 0 bridgehead atoms. The second-order valence-corrected chi connectivity index (χ2v) is 5.05. The van der Waals surface area contributed by atoms with Gasteiger partial charge >= 0.3 is 0 Å². The van der Waals surface area contributed by atoms with Gasteiger partial charge in [-0.25, -0.2) is 8.78 Å². The lowest BCUT2D eigenvalue weighted by atomic mass is 10.1. The van der Waals surface area contributed by atoms with E-state index in [1.165, 1.54) is 0 Å². The average molecular weight is 341 g/mol. The fourth-order valence-corrected chi connectivity index (χ4v) is 2.14. The minimum atomic E-state index is -2.57. The summed E-state index contributed by atoms with van der Waals surface area (Å²) in [4.78, 5) is 13.2. The average Bonchev–Trinajstić information content (AvgIpc) is 2.30. The zero-order chi connectivity index (χ0) is 13.7. The van der Waals surface area contributed by atoms with Crippen LogP contribution in [0.3, 0.4) is 0 Å². The molecule has 0 fully saturated rings. The molecule has 0 heterocycles. The number of carbonyl (C=O) groups is 1. The predicted molar refractivity (Wildman–Crippen MR) is 71.5 cm³/mol. The minimum Gasteiger partial charge on any atom is -0.332 e. The van der Waals surface area contributed by atoms with E-state index in [9.17, 15) is 13.6 Å². The van der Waals surface area contributed by atoms with Crippen molar-refractivity contribution in [1.29, 1.82) is 0 Å². The molecule has 2 nitrogen and oxygen atoms in total. The van der Waals surface area contributed by atoms with E-state index in [2.05, 4.69) is 15.9 Å². The summed E-state index contributed by atoms with van der Waals surface area (Å²) in [6.45, 7) is 1.33. The molecule has 1 amide bonds. The van der Waals surface area contributed by atoms with Crippen molar-refractivity contribution < 1.29 is 13.6 Å². The number of hydrogen-bond donors (Lipinski definition) is 0. The first-order valence-electron chi connectivity index (χ1n) is 5.35. The van der Waals surface area contributed by atoms with Gasteiger partial charge in [-0.3, -0.25) is 4.79 Å². The van der Waals surface area contributed by atoms with Crippen LogP contribution in [0, 0.1) is 6.92 Å². The number of aryl methyl sites for hydroxylation is 1. The molecule has 1 rings (SSSR count). The van der Waals surface area contributed by atoms with Gasteiger partial charge in [0.1, 0.15) is 0 Å². The van der Waals surface area contributed by atoms with E-state index >= 15 is 0 Å². The van der Waals surface area contributed by atoms with Crippen molar-refractivity contribution in [3.8, 4) is 0 Å². The lowest BCUT2D eigenvalue weighted by Crippen LogP contribution is -2.36. The van der Waals surface area contributed by atoms with Gasteiger partial charge in [0, 0.05) is 16.9 Å². The highest BCUT2D eigenvalue weighted by Crippen LogP contribution is 2.20. The van der Waals surface area contributed by atoms with Crippen LogP contribution in [0.4, 0.5) is 8.78 Å². The fourth-order valence-electron chi connectivity index (χ4n) is 1.52. The first kappa shape index (κ1) is 15.4. The Hall–Kier alpha value is -0.680. The molecule has 6 heteroatoms. The predicted octanol–water partition coefficient (Wildman–Crippen LogP) is 3.70. The van der Waals surface area contributed by atoms with Crippen molar-refractivity contribution in [2.45, 2.75) is 13.3 Å². The zero-order valence-electron chi connectivity index (χ0n) is 9.80. The van der Waals surface area contributed by atoms with Crippen molar-refractivity contribution in [3.05, 3.63) is 33.8 Å². The van der Waals surface area contributed by atoms with Gasteiger partial charge in [0.2, 0.25) is 0 Å². The number of amides is 1. The number of halogens is 4. The van der Waals surface area contributed by atoms with E-state index in [1.807, 2.05) is 13.0 Å². The number of alkyl halides is 3. The van der Waals surface area contributed by atoms with Crippen LogP contribution in [-0.2, 0) is 0 Å². The Balaban J connectivity index is 2.97. The van der Waals surface area contributed by atoms with Gasteiger partial charge in [-0.05, 0) is 35.0 Å². The van der Waals surface area contributed by atoms with E-state index in [0.717, 1.165) is 10.5 Å². The Morgan fingerprint density at radius 2 is 2.17 bits per heavy atom. The van der Waals surface area contributed by atoms with Crippen LogP contribution in [0.1, 0.15) is 15.9 Å². The summed E-state index contributed by atoms with van der Waals surface area (Å²) in [6, 6.07) is 5.22. The highest BCUT2D eigenvalue weighted by Gasteiger charge is 2.21. The van der Waals surface area contributed by atoms with Gasteiger partial charge < -0.3 is 4.90 Å². The molecule has 0 N–H and O–H groups in total. The number of nitrogens with zero attached hydrogens (tertiary/aromatic N) is 1. The van der Waals surface area contributed by atoms with Crippen LogP contribution in [0.25, 0.3) is 0 Å². The molecule has 0 saturated carbocycles. The maximum absolute atomic E-state index is 12.4. The van der Waals surface area contributed by atoms with Gasteiger partial charge in [-0.2, -0.15) is 0 Å². The van der Waals surface area contributed by atoms with Crippen LogP contribution in [0.5, 0.6) is 0 Å². The van der Waals surface area contributed by atoms with Gasteiger partial charge in [0.25, 0.3) is 12.3 Å². The third-order valence-corrected chi connectivity index (χ3v) is 3.21. The van der Waals surface area contributed by atoms with Crippen LogP contribution in [0.15, 0.2) is 22.7 Å². The standard InChI is InChI=1S/C12H13BrClF2NO/c1-8-2-3-10(13)9(6-8)12(18)17(5-4-14)7-11(15)16/h2-3,6,11H,4-5,7H2,1H3. The first-order chi connectivity index (χ1) is 8.45. The lowest BCUT2D eigenvalue weighted by molar-refractivity contribution is 0.0570. The summed E-state index contributed by atoms with van der Waals surface area (Å²) in [5.41, 5.74) is 1.27. The SMILES string of the molecule is Cc1ccc(Br)c(C(=O)N(CCCl)CC(F)F)c1. The van der Waals surface area contributed by atoms with Crippen LogP contribution in [-0.4, -0.2) is 36.2 Å². The second kappa shape index (κ2) is 7.04. The van der Waals surface area contributed by atoms with Crippen molar-refractivity contribution in [3.63, 3.8) is 0 Å². The van der Waals surface area contributed by atoms with Gasteiger partial charge in [0.05, 0.1) is 12.1 Å². The third kappa shape index (κ3) is 4.21. The van der Waals surface area contributed by atoms with Crippen molar-refractivity contribution >= 4 is 33.4 Å². The Labute approximate surface area is 118 Å². The largest absolute Gasteiger partial charge is 0.332 e. The van der Waals surface area contributed by atoms with E-state index in [1.54, 1.807) is 12.1 Å². The third-order valence-electron chi connectivity index (χ3n) is 2.35. The highest BCUT2D eigenvalue weighted by atomic mass is 79.9. The summed E-state index contributed by atoms with van der Waals surface area (Å²) < 4.78 is 25.4. The molecule has 0 aliphatic rings. The Morgan fingerprint density at radius 1 is 1.50 bits per heavy atom. The number of benzene rings is 1. The van der Waals surface area contributed by atoms with E-state index in [4.69, 9.17) is 11.6 Å². The van der Waals surface area contributed by atoms with Crippen molar-refractivity contribution in [2.75, 3.05) is 19.0 Å². The molecule has 0 radical (unpaired) electrons. The lowest BCUT2D eigenvalue weighted by Gasteiger charge is -2.22. The topological polar surface area (TPSA) is 20.3 Å². The molecule has 1 aromatic carbocycles. The molecule has 1 aromatic rings. The summed E-state index contributed by atoms with van der Waals surface area (Å²) in [6.07, 6.45) is -2.57. The number of carbonyl (C=O) groups excluding carboxylic acids is 1. The number of hydrogen-bond acceptors (Lipinski definition) is 1. The fraction of sp³-hybridized carbons (Fsp3) is 0.417. The maximum atomic E-state index is 12.4. The van der Waals surface area contributed by atoms with E-state index in [-0.39, 0.29) is 12.4 Å². The number of rotatable bonds is 5. The molecular weight excluding hydrogens is 327 g/mol. The van der Waals surface area contributed by atoms with Crippen LogP contribution < -0.4 is 0 Å². The van der Waals surface area contributed by atoms with Gasteiger partial charge in [-0.15, -0.1) is 11.6 Å². The zero-order valence-corrected chi connectivity index (χ0v) is 12.1. The molecule has 100 valence electrons. The highest BCUT2D eigenvalue weighted by molar-refractivity contribution is 9.10. The maximum Gasteiger partial charge on any atom is 0.255 e. The summed E-state index contributed by atoms with van der Waals surface area (Å²) >= 11 is 8.78.